The van der Waals surface area contributed by atoms with Gasteiger partial charge in [-0.1, -0.05) is 30.3 Å². The molecule has 8 nitrogen and oxygen atoms in total. The third-order valence-electron chi connectivity index (χ3n) is 6.01. The SMILES string of the molecule is CC(C(=O)NCCOC(=O)C1CCc2ccccc2N1)c1ccc(NC(=O)c2ccccn2)c(Br)c1. The lowest BCUT2D eigenvalue weighted by Gasteiger charge is -2.25. The molecule has 1 aliphatic rings. The van der Waals surface area contributed by atoms with Gasteiger partial charge in [-0.05, 0) is 77.2 Å². The molecule has 2 aromatic carbocycles. The molecule has 2 amide bonds. The number of carbonyl (C=O) groups excluding carboxylic acids is 3. The second-order valence-electron chi connectivity index (χ2n) is 8.48. The minimum atomic E-state index is -0.436. The van der Waals surface area contributed by atoms with E-state index < -0.39 is 5.92 Å². The maximum Gasteiger partial charge on any atom is 0.328 e. The molecule has 1 aromatic heterocycles. The van der Waals surface area contributed by atoms with Crippen molar-refractivity contribution in [3.05, 3.63) is 88.2 Å². The van der Waals surface area contributed by atoms with Gasteiger partial charge in [-0.2, -0.15) is 0 Å². The maximum absolute atomic E-state index is 12.6. The number of nitrogens with one attached hydrogen (secondary N) is 3. The fourth-order valence-electron chi connectivity index (χ4n) is 3.93. The number of hydrogen-bond acceptors (Lipinski definition) is 6. The number of hydrogen-bond donors (Lipinski definition) is 3. The van der Waals surface area contributed by atoms with E-state index in [1.807, 2.05) is 24.3 Å². The number of anilines is 2. The Morgan fingerprint density at radius 2 is 1.94 bits per heavy atom. The number of carbonyl (C=O) groups is 3. The first-order valence-electron chi connectivity index (χ1n) is 11.7. The number of rotatable bonds is 8. The zero-order chi connectivity index (χ0) is 25.5. The zero-order valence-electron chi connectivity index (χ0n) is 19.8. The van der Waals surface area contributed by atoms with Crippen molar-refractivity contribution < 1.29 is 19.1 Å². The Morgan fingerprint density at radius 3 is 2.72 bits per heavy atom. The van der Waals surface area contributed by atoms with Crippen LogP contribution in [0.1, 0.15) is 40.9 Å². The molecule has 186 valence electrons. The normalized spacial score (nSPS) is 15.1. The molecular formula is C27H27BrN4O4. The van der Waals surface area contributed by atoms with Crippen LogP contribution in [0.2, 0.25) is 0 Å². The molecule has 0 spiro atoms. The van der Waals surface area contributed by atoms with E-state index in [0.717, 1.165) is 17.7 Å². The number of aromatic nitrogens is 1. The molecule has 0 aliphatic carbocycles. The van der Waals surface area contributed by atoms with Crippen LogP contribution in [-0.4, -0.2) is 42.0 Å². The monoisotopic (exact) mass is 550 g/mol. The van der Waals surface area contributed by atoms with Gasteiger partial charge in [0.1, 0.15) is 18.3 Å². The quantitative estimate of drug-likeness (QED) is 0.285. The average molecular weight is 551 g/mol. The van der Waals surface area contributed by atoms with E-state index in [0.29, 0.717) is 22.3 Å². The van der Waals surface area contributed by atoms with Crippen LogP contribution < -0.4 is 16.0 Å². The Kier molecular flexibility index (Phi) is 8.32. The average Bonchev–Trinajstić information content (AvgIpc) is 2.91. The number of para-hydroxylation sites is 1. The van der Waals surface area contributed by atoms with Gasteiger partial charge in [-0.15, -0.1) is 0 Å². The Hall–Kier alpha value is -3.72. The first-order chi connectivity index (χ1) is 17.4. The van der Waals surface area contributed by atoms with Crippen LogP contribution in [0.3, 0.4) is 0 Å². The molecule has 4 rings (SSSR count). The predicted octanol–water partition coefficient (Wildman–Crippen LogP) is 4.29. The van der Waals surface area contributed by atoms with Crippen molar-refractivity contribution in [2.24, 2.45) is 0 Å². The largest absolute Gasteiger partial charge is 0.462 e. The highest BCUT2D eigenvalue weighted by Crippen LogP contribution is 2.28. The van der Waals surface area contributed by atoms with E-state index in [-0.39, 0.29) is 37.0 Å². The number of fused-ring (bicyclic) bond motifs is 1. The van der Waals surface area contributed by atoms with Gasteiger partial charge in [-0.25, -0.2) is 4.79 Å². The van der Waals surface area contributed by atoms with Gasteiger partial charge in [0, 0.05) is 16.4 Å². The Labute approximate surface area is 218 Å². The van der Waals surface area contributed by atoms with Crippen LogP contribution in [0.5, 0.6) is 0 Å². The van der Waals surface area contributed by atoms with Gasteiger partial charge in [0.25, 0.3) is 5.91 Å². The predicted molar refractivity (Wildman–Crippen MR) is 141 cm³/mol. The van der Waals surface area contributed by atoms with Gasteiger partial charge in [0.15, 0.2) is 0 Å². The lowest BCUT2D eigenvalue weighted by Crippen LogP contribution is -2.37. The van der Waals surface area contributed by atoms with Crippen molar-refractivity contribution in [2.75, 3.05) is 23.8 Å². The molecule has 2 unspecified atom stereocenters. The Bertz CT molecular complexity index is 1250. The number of esters is 1. The van der Waals surface area contributed by atoms with E-state index in [1.54, 1.807) is 49.5 Å². The summed E-state index contributed by atoms with van der Waals surface area (Å²) in [6, 6.07) is 18.0. The van der Waals surface area contributed by atoms with Gasteiger partial charge in [0.05, 0.1) is 18.2 Å². The van der Waals surface area contributed by atoms with Crippen LogP contribution >= 0.6 is 15.9 Å². The van der Waals surface area contributed by atoms with Crippen molar-refractivity contribution in [3.63, 3.8) is 0 Å². The number of aryl methyl sites for hydroxylation is 1. The summed E-state index contributed by atoms with van der Waals surface area (Å²) in [5.74, 6) is -1.27. The summed E-state index contributed by atoms with van der Waals surface area (Å²) in [5.41, 5.74) is 3.82. The van der Waals surface area contributed by atoms with E-state index in [9.17, 15) is 14.4 Å². The first kappa shape index (κ1) is 25.4. The molecule has 0 radical (unpaired) electrons. The summed E-state index contributed by atoms with van der Waals surface area (Å²) in [5, 5.41) is 8.84. The second-order valence-corrected chi connectivity index (χ2v) is 9.34. The second kappa shape index (κ2) is 11.8. The van der Waals surface area contributed by atoms with Crippen LogP contribution in [0, 0.1) is 0 Å². The molecule has 1 aliphatic heterocycles. The lowest BCUT2D eigenvalue weighted by molar-refractivity contribution is -0.145. The van der Waals surface area contributed by atoms with Crippen molar-refractivity contribution in [3.8, 4) is 0 Å². The molecule has 2 atom stereocenters. The molecule has 0 fully saturated rings. The fraction of sp³-hybridized carbons (Fsp3) is 0.259. The molecule has 0 bridgehead atoms. The summed E-state index contributed by atoms with van der Waals surface area (Å²) < 4.78 is 6.02. The van der Waals surface area contributed by atoms with Crippen molar-refractivity contribution in [1.29, 1.82) is 0 Å². The van der Waals surface area contributed by atoms with Crippen LogP contribution in [0.4, 0.5) is 11.4 Å². The summed E-state index contributed by atoms with van der Waals surface area (Å²) in [6.45, 7) is 2.11. The molecule has 0 saturated heterocycles. The maximum atomic E-state index is 12.6. The van der Waals surface area contributed by atoms with Crippen molar-refractivity contribution in [1.82, 2.24) is 10.3 Å². The number of ether oxygens (including phenoxy) is 1. The van der Waals surface area contributed by atoms with E-state index in [1.165, 1.54) is 5.56 Å². The minimum absolute atomic E-state index is 0.0965. The van der Waals surface area contributed by atoms with Crippen LogP contribution in [-0.2, 0) is 20.7 Å². The minimum Gasteiger partial charge on any atom is -0.462 e. The fourth-order valence-corrected chi connectivity index (χ4v) is 4.43. The molecule has 0 saturated carbocycles. The Balaban J connectivity index is 1.23. The molecule has 3 N–H and O–H groups in total. The number of halogens is 1. The standard InChI is InChI=1S/C27H27BrN4O4/c1-17(19-10-11-22(20(28)16-19)32-26(34)23-8-4-5-13-29-23)25(33)30-14-15-36-27(35)24-12-9-18-6-2-3-7-21(18)31-24/h2-8,10-11,13,16-17,24,31H,9,12,14-15H2,1H3,(H,30,33)(H,32,34). The van der Waals surface area contributed by atoms with E-state index in [4.69, 9.17) is 4.74 Å². The van der Waals surface area contributed by atoms with Crippen LogP contribution in [0.25, 0.3) is 0 Å². The topological polar surface area (TPSA) is 109 Å². The van der Waals surface area contributed by atoms with Gasteiger partial charge >= 0.3 is 5.97 Å². The van der Waals surface area contributed by atoms with E-state index >= 15 is 0 Å². The van der Waals surface area contributed by atoms with Crippen molar-refractivity contribution in [2.45, 2.75) is 31.7 Å². The summed E-state index contributed by atoms with van der Waals surface area (Å²) >= 11 is 3.46. The lowest BCUT2D eigenvalue weighted by atomic mass is 9.98. The van der Waals surface area contributed by atoms with E-state index in [2.05, 4.69) is 36.9 Å². The third-order valence-corrected chi connectivity index (χ3v) is 6.67. The highest BCUT2D eigenvalue weighted by Gasteiger charge is 2.25. The first-order valence-corrected chi connectivity index (χ1v) is 12.5. The van der Waals surface area contributed by atoms with Crippen LogP contribution in [0.15, 0.2) is 71.3 Å². The molecule has 2 heterocycles. The highest BCUT2D eigenvalue weighted by molar-refractivity contribution is 9.10. The smallest absolute Gasteiger partial charge is 0.328 e. The summed E-state index contributed by atoms with van der Waals surface area (Å²) in [7, 11) is 0. The van der Waals surface area contributed by atoms with Crippen molar-refractivity contribution >= 4 is 45.1 Å². The number of amides is 2. The third kappa shape index (κ3) is 6.28. The molecular weight excluding hydrogens is 524 g/mol. The van der Waals surface area contributed by atoms with Gasteiger partial charge < -0.3 is 20.7 Å². The van der Waals surface area contributed by atoms with Gasteiger partial charge in [0.2, 0.25) is 5.91 Å². The van der Waals surface area contributed by atoms with Gasteiger partial charge in [-0.3, -0.25) is 14.6 Å². The number of nitrogens with zero attached hydrogens (tertiary/aromatic N) is 1. The molecule has 3 aromatic rings. The zero-order valence-corrected chi connectivity index (χ0v) is 21.4. The highest BCUT2D eigenvalue weighted by atomic mass is 79.9. The molecule has 9 heteroatoms. The Morgan fingerprint density at radius 1 is 1.14 bits per heavy atom. The number of benzene rings is 2. The number of pyridine rings is 1. The summed E-state index contributed by atoms with van der Waals surface area (Å²) in [4.78, 5) is 41.4. The summed E-state index contributed by atoms with van der Waals surface area (Å²) in [6.07, 6.45) is 3.05. The molecule has 36 heavy (non-hydrogen) atoms.